The molecule has 0 spiro atoms. The first-order valence-corrected chi connectivity index (χ1v) is 9.95. The number of carbonyl (C=O) groups excluding carboxylic acids is 1. The van der Waals surface area contributed by atoms with E-state index >= 15 is 0 Å². The Hall–Kier alpha value is -1.65. The van der Waals surface area contributed by atoms with Crippen LogP contribution in [0, 0.1) is 6.92 Å². The van der Waals surface area contributed by atoms with E-state index in [1.807, 2.05) is 56.3 Å². The van der Waals surface area contributed by atoms with Crippen molar-refractivity contribution < 1.29 is 9.53 Å². The van der Waals surface area contributed by atoms with Crippen LogP contribution in [0.1, 0.15) is 24.5 Å². The molecule has 3 nitrogen and oxygen atoms in total. The van der Waals surface area contributed by atoms with E-state index in [1.165, 1.54) is 5.56 Å². The van der Waals surface area contributed by atoms with Gasteiger partial charge in [0.2, 0.25) is 0 Å². The average Bonchev–Trinajstić information content (AvgIpc) is 2.59. The van der Waals surface area contributed by atoms with Crippen molar-refractivity contribution in [2.45, 2.75) is 32.1 Å². The second kappa shape index (κ2) is 10.4. The van der Waals surface area contributed by atoms with Gasteiger partial charge in [0, 0.05) is 23.1 Å². The summed E-state index contributed by atoms with van der Waals surface area (Å²) in [6.45, 7) is 4.58. The van der Waals surface area contributed by atoms with Crippen molar-refractivity contribution in [1.82, 2.24) is 5.32 Å². The Bertz CT molecular complexity index is 693. The molecule has 0 aliphatic rings. The molecule has 5 heteroatoms. The van der Waals surface area contributed by atoms with Gasteiger partial charge in [-0.25, -0.2) is 0 Å². The van der Waals surface area contributed by atoms with Gasteiger partial charge in [0.05, 0.1) is 0 Å². The van der Waals surface area contributed by atoms with Crippen molar-refractivity contribution in [3.8, 4) is 5.75 Å². The van der Waals surface area contributed by atoms with E-state index in [0.29, 0.717) is 13.0 Å². The Morgan fingerprint density at radius 1 is 1.24 bits per heavy atom. The van der Waals surface area contributed by atoms with E-state index in [4.69, 9.17) is 16.3 Å². The fourth-order valence-corrected chi connectivity index (χ4v) is 3.37. The SMILES string of the molecule is CC[C@H](Oc1cccc(C)c1)C(=O)NCCSCc1cccc(Cl)c1. The maximum Gasteiger partial charge on any atom is 0.261 e. The first-order valence-electron chi connectivity index (χ1n) is 8.41. The number of carbonyl (C=O) groups is 1. The fourth-order valence-electron chi connectivity index (χ4n) is 2.35. The van der Waals surface area contributed by atoms with Gasteiger partial charge in [0.25, 0.3) is 5.91 Å². The lowest BCUT2D eigenvalue weighted by molar-refractivity contribution is -0.127. The largest absolute Gasteiger partial charge is 0.481 e. The lowest BCUT2D eigenvalue weighted by Crippen LogP contribution is -2.39. The van der Waals surface area contributed by atoms with Gasteiger partial charge in [-0.15, -0.1) is 0 Å². The van der Waals surface area contributed by atoms with E-state index in [0.717, 1.165) is 27.8 Å². The van der Waals surface area contributed by atoms with Gasteiger partial charge in [-0.3, -0.25) is 4.79 Å². The van der Waals surface area contributed by atoms with Crippen LogP contribution in [0.25, 0.3) is 0 Å². The van der Waals surface area contributed by atoms with Crippen molar-refractivity contribution in [1.29, 1.82) is 0 Å². The molecule has 1 N–H and O–H groups in total. The van der Waals surface area contributed by atoms with E-state index in [-0.39, 0.29) is 5.91 Å². The van der Waals surface area contributed by atoms with Gasteiger partial charge < -0.3 is 10.1 Å². The normalized spacial score (nSPS) is 11.8. The lowest BCUT2D eigenvalue weighted by atomic mass is 10.2. The molecule has 0 bridgehead atoms. The monoisotopic (exact) mass is 377 g/mol. The van der Waals surface area contributed by atoms with Crippen LogP contribution in [0.2, 0.25) is 5.02 Å². The molecular weight excluding hydrogens is 354 g/mol. The Morgan fingerprint density at radius 3 is 2.76 bits per heavy atom. The number of hydrogen-bond acceptors (Lipinski definition) is 3. The topological polar surface area (TPSA) is 38.3 Å². The van der Waals surface area contributed by atoms with Crippen molar-refractivity contribution in [3.63, 3.8) is 0 Å². The quantitative estimate of drug-likeness (QED) is 0.634. The highest BCUT2D eigenvalue weighted by Crippen LogP contribution is 2.17. The van der Waals surface area contributed by atoms with Gasteiger partial charge in [0.1, 0.15) is 5.75 Å². The molecular formula is C20H24ClNO2S. The second-order valence-electron chi connectivity index (χ2n) is 5.80. The average molecular weight is 378 g/mol. The van der Waals surface area contributed by atoms with Crippen molar-refractivity contribution in [2.75, 3.05) is 12.3 Å². The molecule has 2 rings (SSSR count). The third-order valence-corrected chi connectivity index (χ3v) is 4.90. The molecule has 0 heterocycles. The lowest BCUT2D eigenvalue weighted by Gasteiger charge is -2.17. The summed E-state index contributed by atoms with van der Waals surface area (Å²) in [6.07, 6.45) is 0.176. The molecule has 0 radical (unpaired) electrons. The van der Waals surface area contributed by atoms with Crippen molar-refractivity contribution in [3.05, 3.63) is 64.7 Å². The van der Waals surface area contributed by atoms with Gasteiger partial charge in [0.15, 0.2) is 6.10 Å². The van der Waals surface area contributed by atoms with Crippen molar-refractivity contribution >= 4 is 29.3 Å². The highest BCUT2D eigenvalue weighted by Gasteiger charge is 2.17. The summed E-state index contributed by atoms with van der Waals surface area (Å²) in [4.78, 5) is 12.3. The Morgan fingerprint density at radius 2 is 2.04 bits per heavy atom. The first kappa shape index (κ1) is 19.7. The highest BCUT2D eigenvalue weighted by atomic mass is 35.5. The predicted molar refractivity (Wildman–Crippen MR) is 107 cm³/mol. The zero-order valence-corrected chi connectivity index (χ0v) is 16.2. The Labute approximate surface area is 159 Å². The summed E-state index contributed by atoms with van der Waals surface area (Å²) in [6, 6.07) is 15.6. The zero-order chi connectivity index (χ0) is 18.1. The Balaban J connectivity index is 1.71. The van der Waals surface area contributed by atoms with Gasteiger partial charge >= 0.3 is 0 Å². The van der Waals surface area contributed by atoms with E-state index in [9.17, 15) is 4.79 Å². The van der Waals surface area contributed by atoms with Crippen LogP contribution in [0.5, 0.6) is 5.75 Å². The third kappa shape index (κ3) is 7.00. The summed E-state index contributed by atoms with van der Waals surface area (Å²) < 4.78 is 5.81. The minimum Gasteiger partial charge on any atom is -0.481 e. The molecule has 134 valence electrons. The number of halogens is 1. The molecule has 0 aliphatic carbocycles. The first-order chi connectivity index (χ1) is 12.1. The summed E-state index contributed by atoms with van der Waals surface area (Å²) in [5.41, 5.74) is 2.31. The van der Waals surface area contributed by atoms with E-state index in [2.05, 4.69) is 11.4 Å². The summed E-state index contributed by atoms with van der Waals surface area (Å²) in [5.74, 6) is 2.40. The molecule has 1 atom stereocenters. The summed E-state index contributed by atoms with van der Waals surface area (Å²) >= 11 is 7.74. The van der Waals surface area contributed by atoms with Crippen LogP contribution in [-0.2, 0) is 10.5 Å². The molecule has 0 fully saturated rings. The molecule has 0 unspecified atom stereocenters. The second-order valence-corrected chi connectivity index (χ2v) is 7.35. The molecule has 0 saturated carbocycles. The van der Waals surface area contributed by atoms with Crippen LogP contribution in [0.4, 0.5) is 0 Å². The number of hydrogen-bond donors (Lipinski definition) is 1. The minimum absolute atomic E-state index is 0.0626. The summed E-state index contributed by atoms with van der Waals surface area (Å²) in [7, 11) is 0. The van der Waals surface area contributed by atoms with Crippen molar-refractivity contribution in [2.24, 2.45) is 0 Å². The number of nitrogens with one attached hydrogen (secondary N) is 1. The molecule has 1 amide bonds. The number of ether oxygens (including phenoxy) is 1. The third-order valence-electron chi connectivity index (χ3n) is 3.63. The van der Waals surface area contributed by atoms with Crippen LogP contribution >= 0.6 is 23.4 Å². The Kier molecular flexibility index (Phi) is 8.16. The molecule has 0 saturated heterocycles. The number of thioether (sulfide) groups is 1. The molecule has 0 aromatic heterocycles. The number of rotatable bonds is 9. The molecule has 2 aromatic rings. The zero-order valence-electron chi connectivity index (χ0n) is 14.6. The molecule has 0 aliphatic heterocycles. The van der Waals surface area contributed by atoms with Crippen LogP contribution in [0.15, 0.2) is 48.5 Å². The van der Waals surface area contributed by atoms with Crippen LogP contribution < -0.4 is 10.1 Å². The predicted octanol–water partition coefficient (Wildman–Crippen LogP) is 4.86. The van der Waals surface area contributed by atoms with Gasteiger partial charge in [-0.05, 0) is 48.7 Å². The number of aryl methyl sites for hydroxylation is 1. The summed E-state index contributed by atoms with van der Waals surface area (Å²) in [5, 5.41) is 3.71. The fraction of sp³-hybridized carbons (Fsp3) is 0.350. The van der Waals surface area contributed by atoms with Gasteiger partial charge in [-0.1, -0.05) is 42.8 Å². The van der Waals surface area contributed by atoms with Crippen LogP contribution in [-0.4, -0.2) is 24.3 Å². The van der Waals surface area contributed by atoms with E-state index < -0.39 is 6.10 Å². The van der Waals surface area contributed by atoms with E-state index in [1.54, 1.807) is 11.8 Å². The highest BCUT2D eigenvalue weighted by molar-refractivity contribution is 7.98. The number of benzene rings is 2. The number of amides is 1. The van der Waals surface area contributed by atoms with Crippen LogP contribution in [0.3, 0.4) is 0 Å². The maximum absolute atomic E-state index is 12.3. The minimum atomic E-state index is -0.459. The maximum atomic E-state index is 12.3. The smallest absolute Gasteiger partial charge is 0.261 e. The van der Waals surface area contributed by atoms with Gasteiger partial charge in [-0.2, -0.15) is 11.8 Å². The molecule has 2 aromatic carbocycles. The molecule has 25 heavy (non-hydrogen) atoms. The standard InChI is InChI=1S/C20H24ClNO2S/c1-3-19(24-18-9-4-6-15(2)12-18)20(23)22-10-11-25-14-16-7-5-8-17(21)13-16/h4-9,12-13,19H,3,10-11,14H2,1-2H3,(H,22,23)/t19-/m0/s1.